The zero-order valence-corrected chi connectivity index (χ0v) is 15.4. The maximum atomic E-state index is 11.6. The molecule has 0 aliphatic rings. The van der Waals surface area contributed by atoms with E-state index in [1.165, 1.54) is 0 Å². The quantitative estimate of drug-likeness (QED) is 0.764. The summed E-state index contributed by atoms with van der Waals surface area (Å²) in [5.41, 5.74) is 1.97. The Bertz CT molecular complexity index is 760. The Morgan fingerprint density at radius 3 is 2.42 bits per heavy atom. The SMILES string of the molecule is CCCS(=O)(=O)NCC(C)Oc1ccc(-c2ccccc2Cl)cc1. The van der Waals surface area contributed by atoms with Crippen molar-refractivity contribution in [2.75, 3.05) is 12.3 Å². The molecule has 4 nitrogen and oxygen atoms in total. The summed E-state index contributed by atoms with van der Waals surface area (Å²) in [4.78, 5) is 0. The number of ether oxygens (including phenoxy) is 1. The van der Waals surface area contributed by atoms with Gasteiger partial charge in [0.15, 0.2) is 0 Å². The van der Waals surface area contributed by atoms with Crippen LogP contribution in [0, 0.1) is 0 Å². The van der Waals surface area contributed by atoms with E-state index in [-0.39, 0.29) is 18.4 Å². The molecule has 0 bridgehead atoms. The number of nitrogens with one attached hydrogen (secondary N) is 1. The summed E-state index contributed by atoms with van der Waals surface area (Å²) < 4.78 is 31.6. The Hall–Kier alpha value is -1.56. The normalized spacial score (nSPS) is 12.8. The first-order valence-corrected chi connectivity index (χ1v) is 9.93. The third kappa shape index (κ3) is 5.51. The first kappa shape index (κ1) is 18.8. The van der Waals surface area contributed by atoms with Gasteiger partial charge in [0, 0.05) is 17.1 Å². The predicted molar refractivity (Wildman–Crippen MR) is 99.1 cm³/mol. The second kappa shape index (κ2) is 8.51. The van der Waals surface area contributed by atoms with Crippen molar-refractivity contribution in [1.29, 1.82) is 0 Å². The summed E-state index contributed by atoms with van der Waals surface area (Å²) in [6, 6.07) is 15.2. The van der Waals surface area contributed by atoms with E-state index in [0.717, 1.165) is 11.1 Å². The molecule has 0 amide bonds. The van der Waals surface area contributed by atoms with Crippen LogP contribution in [0.15, 0.2) is 48.5 Å². The van der Waals surface area contributed by atoms with Crippen LogP contribution in [0.3, 0.4) is 0 Å². The molecular weight excluding hydrogens is 346 g/mol. The van der Waals surface area contributed by atoms with E-state index in [9.17, 15) is 8.42 Å². The lowest BCUT2D eigenvalue weighted by atomic mass is 10.1. The number of halogens is 1. The number of hydrogen-bond donors (Lipinski definition) is 1. The van der Waals surface area contributed by atoms with Crippen molar-refractivity contribution in [2.45, 2.75) is 26.4 Å². The minimum Gasteiger partial charge on any atom is -0.489 e. The van der Waals surface area contributed by atoms with E-state index >= 15 is 0 Å². The summed E-state index contributed by atoms with van der Waals surface area (Å²) in [5.74, 6) is 0.819. The largest absolute Gasteiger partial charge is 0.489 e. The van der Waals surface area contributed by atoms with Gasteiger partial charge in [0.1, 0.15) is 11.9 Å². The first-order valence-electron chi connectivity index (χ1n) is 7.90. The van der Waals surface area contributed by atoms with Crippen LogP contribution in [0.25, 0.3) is 11.1 Å². The van der Waals surface area contributed by atoms with Gasteiger partial charge in [-0.2, -0.15) is 0 Å². The molecule has 6 heteroatoms. The third-order valence-corrected chi connectivity index (χ3v) is 5.32. The van der Waals surface area contributed by atoms with Gasteiger partial charge in [-0.05, 0) is 37.1 Å². The van der Waals surface area contributed by atoms with Gasteiger partial charge in [0.2, 0.25) is 10.0 Å². The molecule has 0 aromatic heterocycles. The molecule has 0 fully saturated rings. The Balaban J connectivity index is 1.95. The van der Waals surface area contributed by atoms with Crippen LogP contribution < -0.4 is 9.46 Å². The highest BCUT2D eigenvalue weighted by Crippen LogP contribution is 2.28. The van der Waals surface area contributed by atoms with E-state index in [0.29, 0.717) is 17.2 Å². The van der Waals surface area contributed by atoms with Crippen LogP contribution in [-0.2, 0) is 10.0 Å². The molecule has 0 saturated heterocycles. The fourth-order valence-electron chi connectivity index (χ4n) is 2.27. The van der Waals surface area contributed by atoms with Gasteiger partial charge in [-0.15, -0.1) is 0 Å². The summed E-state index contributed by atoms with van der Waals surface area (Å²) in [5, 5.41) is 0.699. The average molecular weight is 368 g/mol. The number of benzene rings is 2. The monoisotopic (exact) mass is 367 g/mol. The smallest absolute Gasteiger partial charge is 0.211 e. The highest BCUT2D eigenvalue weighted by Gasteiger charge is 2.12. The van der Waals surface area contributed by atoms with Crippen LogP contribution in [0.1, 0.15) is 20.3 Å². The van der Waals surface area contributed by atoms with Crippen molar-refractivity contribution < 1.29 is 13.2 Å². The van der Waals surface area contributed by atoms with Crippen LogP contribution >= 0.6 is 11.6 Å². The minimum absolute atomic E-state index is 0.131. The number of rotatable bonds is 8. The molecule has 0 aliphatic carbocycles. The van der Waals surface area contributed by atoms with E-state index in [1.807, 2.05) is 62.4 Å². The predicted octanol–water partition coefficient (Wildman–Crippen LogP) is 4.10. The topological polar surface area (TPSA) is 55.4 Å². The van der Waals surface area contributed by atoms with Crippen molar-refractivity contribution in [2.24, 2.45) is 0 Å². The fourth-order valence-corrected chi connectivity index (χ4v) is 3.68. The molecule has 2 aromatic carbocycles. The van der Waals surface area contributed by atoms with E-state index in [2.05, 4.69) is 4.72 Å². The molecule has 2 rings (SSSR count). The second-order valence-corrected chi connectivity index (χ2v) is 7.93. The Morgan fingerprint density at radius 2 is 1.79 bits per heavy atom. The molecular formula is C18H22ClNO3S. The van der Waals surface area contributed by atoms with Crippen molar-refractivity contribution in [3.63, 3.8) is 0 Å². The summed E-state index contributed by atoms with van der Waals surface area (Å²) >= 11 is 6.20. The molecule has 0 aliphatic heterocycles. The zero-order valence-electron chi connectivity index (χ0n) is 13.8. The van der Waals surface area contributed by atoms with Crippen LogP contribution in [0.4, 0.5) is 0 Å². The van der Waals surface area contributed by atoms with Crippen LogP contribution in [0.2, 0.25) is 5.02 Å². The molecule has 0 radical (unpaired) electrons. The van der Waals surface area contributed by atoms with Gasteiger partial charge in [-0.1, -0.05) is 48.9 Å². The van der Waals surface area contributed by atoms with Crippen molar-refractivity contribution in [3.8, 4) is 16.9 Å². The standard InChI is InChI=1S/C18H22ClNO3S/c1-3-12-24(21,22)20-13-14(2)23-16-10-8-15(9-11-16)17-6-4-5-7-18(17)19/h4-11,14,20H,3,12-13H2,1-2H3. The van der Waals surface area contributed by atoms with Gasteiger partial charge in [0.25, 0.3) is 0 Å². The van der Waals surface area contributed by atoms with Gasteiger partial charge >= 0.3 is 0 Å². The van der Waals surface area contributed by atoms with Gasteiger partial charge in [-0.25, -0.2) is 13.1 Å². The molecule has 24 heavy (non-hydrogen) atoms. The molecule has 1 unspecified atom stereocenters. The number of hydrogen-bond acceptors (Lipinski definition) is 3. The highest BCUT2D eigenvalue weighted by molar-refractivity contribution is 7.89. The van der Waals surface area contributed by atoms with E-state index in [1.54, 1.807) is 0 Å². The van der Waals surface area contributed by atoms with E-state index in [4.69, 9.17) is 16.3 Å². The molecule has 130 valence electrons. The zero-order chi connectivity index (χ0) is 17.6. The summed E-state index contributed by atoms with van der Waals surface area (Å²) in [6.07, 6.45) is 0.330. The van der Waals surface area contributed by atoms with Gasteiger partial charge in [0.05, 0.1) is 5.75 Å². The summed E-state index contributed by atoms with van der Waals surface area (Å²) in [7, 11) is -3.21. The van der Waals surface area contributed by atoms with Crippen molar-refractivity contribution >= 4 is 21.6 Å². The maximum Gasteiger partial charge on any atom is 0.211 e. The molecule has 0 spiro atoms. The lowest BCUT2D eigenvalue weighted by molar-refractivity contribution is 0.225. The fraction of sp³-hybridized carbons (Fsp3) is 0.333. The first-order chi connectivity index (χ1) is 11.4. The lowest BCUT2D eigenvalue weighted by Crippen LogP contribution is -2.34. The van der Waals surface area contributed by atoms with Crippen LogP contribution in [-0.4, -0.2) is 26.8 Å². The van der Waals surface area contributed by atoms with Crippen LogP contribution in [0.5, 0.6) is 5.75 Å². The minimum atomic E-state index is -3.21. The lowest BCUT2D eigenvalue weighted by Gasteiger charge is -2.16. The number of sulfonamides is 1. The molecule has 0 saturated carbocycles. The second-order valence-electron chi connectivity index (χ2n) is 5.60. The molecule has 1 atom stereocenters. The Morgan fingerprint density at radius 1 is 1.12 bits per heavy atom. The average Bonchev–Trinajstić information content (AvgIpc) is 2.54. The van der Waals surface area contributed by atoms with Gasteiger partial charge in [-0.3, -0.25) is 0 Å². The van der Waals surface area contributed by atoms with Gasteiger partial charge < -0.3 is 4.74 Å². The highest BCUT2D eigenvalue weighted by atomic mass is 35.5. The van der Waals surface area contributed by atoms with E-state index < -0.39 is 10.0 Å². The third-order valence-electron chi connectivity index (χ3n) is 3.44. The molecule has 0 heterocycles. The van der Waals surface area contributed by atoms with Crippen molar-refractivity contribution in [1.82, 2.24) is 4.72 Å². The Kier molecular flexibility index (Phi) is 6.66. The molecule has 1 N–H and O–H groups in total. The van der Waals surface area contributed by atoms with Crippen molar-refractivity contribution in [3.05, 3.63) is 53.6 Å². The maximum absolute atomic E-state index is 11.6. The Labute approximate surface area is 148 Å². The molecule has 2 aromatic rings. The summed E-state index contributed by atoms with van der Waals surface area (Å²) in [6.45, 7) is 3.91.